The molecule has 1 aromatic rings. The Labute approximate surface area is 116 Å². The summed E-state index contributed by atoms with van der Waals surface area (Å²) in [4.78, 5) is 6.85. The maximum atomic E-state index is 4.60. The van der Waals surface area contributed by atoms with E-state index in [1.807, 2.05) is 6.07 Å². The van der Waals surface area contributed by atoms with Crippen LogP contribution in [0.5, 0.6) is 0 Å². The molecule has 1 unspecified atom stereocenters. The predicted molar refractivity (Wildman–Crippen MR) is 84.0 cm³/mol. The Hall–Kier alpha value is -1.71. The number of anilines is 1. The third-order valence-electron chi connectivity index (χ3n) is 3.03. The van der Waals surface area contributed by atoms with Crippen LogP contribution in [0, 0.1) is 0 Å². The summed E-state index contributed by atoms with van der Waals surface area (Å²) in [5.74, 6) is 0.887. The molecule has 19 heavy (non-hydrogen) atoms. The molecule has 4 nitrogen and oxygen atoms in total. The van der Waals surface area contributed by atoms with Gasteiger partial charge in [0.05, 0.1) is 6.54 Å². The summed E-state index contributed by atoms with van der Waals surface area (Å²) in [6, 6.07) is 10.8. The number of benzene rings is 1. The van der Waals surface area contributed by atoms with Gasteiger partial charge in [-0.3, -0.25) is 4.99 Å². The van der Waals surface area contributed by atoms with Crippen molar-refractivity contribution in [1.29, 1.82) is 0 Å². The van der Waals surface area contributed by atoms with Crippen LogP contribution >= 0.6 is 0 Å². The van der Waals surface area contributed by atoms with Crippen molar-refractivity contribution in [3.8, 4) is 0 Å². The quantitative estimate of drug-likeness (QED) is 0.609. The van der Waals surface area contributed by atoms with E-state index in [9.17, 15) is 0 Å². The van der Waals surface area contributed by atoms with Gasteiger partial charge in [-0.25, -0.2) is 0 Å². The number of nitrogens with one attached hydrogen (secondary N) is 2. The normalized spacial score (nSPS) is 11.6. The van der Waals surface area contributed by atoms with Gasteiger partial charge in [-0.05, 0) is 32.9 Å². The van der Waals surface area contributed by atoms with Crippen molar-refractivity contribution < 1.29 is 0 Å². The maximum Gasteiger partial charge on any atom is 0.191 e. The molecule has 0 aliphatic carbocycles. The Morgan fingerprint density at radius 3 is 2.26 bits per heavy atom. The Bertz CT molecular complexity index is 367. The van der Waals surface area contributed by atoms with Gasteiger partial charge in [0.1, 0.15) is 0 Å². The van der Waals surface area contributed by atoms with Crippen LogP contribution in [0.1, 0.15) is 20.8 Å². The predicted octanol–water partition coefficient (Wildman–Crippen LogP) is 2.09. The molecule has 0 aliphatic heterocycles. The molecule has 2 N–H and O–H groups in total. The zero-order valence-electron chi connectivity index (χ0n) is 12.5. The van der Waals surface area contributed by atoms with Crippen molar-refractivity contribution in [2.24, 2.45) is 4.99 Å². The number of nitrogens with zero attached hydrogens (tertiary/aromatic N) is 2. The lowest BCUT2D eigenvalue weighted by Gasteiger charge is -2.26. The number of hydrogen-bond donors (Lipinski definition) is 2. The molecule has 1 rings (SSSR count). The summed E-state index contributed by atoms with van der Waals surface area (Å²) in [7, 11) is 2.11. The molecular weight excluding hydrogens is 236 g/mol. The molecule has 1 atom stereocenters. The van der Waals surface area contributed by atoms with Crippen molar-refractivity contribution in [1.82, 2.24) is 10.6 Å². The van der Waals surface area contributed by atoms with E-state index in [0.717, 1.165) is 25.6 Å². The highest BCUT2D eigenvalue weighted by molar-refractivity contribution is 5.79. The lowest BCUT2D eigenvalue weighted by Crippen LogP contribution is -2.39. The van der Waals surface area contributed by atoms with Crippen LogP contribution in [0.3, 0.4) is 0 Å². The fourth-order valence-corrected chi connectivity index (χ4v) is 1.77. The van der Waals surface area contributed by atoms with Crippen LogP contribution in [0.15, 0.2) is 35.3 Å². The smallest absolute Gasteiger partial charge is 0.191 e. The summed E-state index contributed by atoms with van der Waals surface area (Å²) in [6.07, 6.45) is 0. The first kappa shape index (κ1) is 15.3. The van der Waals surface area contributed by atoms with Crippen molar-refractivity contribution in [2.45, 2.75) is 26.8 Å². The van der Waals surface area contributed by atoms with Gasteiger partial charge in [0.25, 0.3) is 0 Å². The van der Waals surface area contributed by atoms with E-state index in [-0.39, 0.29) is 0 Å². The van der Waals surface area contributed by atoms with Crippen molar-refractivity contribution in [3.05, 3.63) is 30.3 Å². The summed E-state index contributed by atoms with van der Waals surface area (Å²) in [5.41, 5.74) is 1.22. The number of likely N-dealkylation sites (N-methyl/N-ethyl adjacent to an activating group) is 1. The summed E-state index contributed by atoms with van der Waals surface area (Å²) in [6.45, 7) is 8.87. The van der Waals surface area contributed by atoms with E-state index in [4.69, 9.17) is 0 Å². The van der Waals surface area contributed by atoms with Gasteiger partial charge < -0.3 is 15.5 Å². The zero-order valence-corrected chi connectivity index (χ0v) is 12.5. The average molecular weight is 262 g/mol. The van der Waals surface area contributed by atoms with Crippen LogP contribution in [-0.4, -0.2) is 38.7 Å². The summed E-state index contributed by atoms with van der Waals surface area (Å²) < 4.78 is 0. The van der Waals surface area contributed by atoms with E-state index >= 15 is 0 Å². The fraction of sp³-hybridized carbons (Fsp3) is 0.533. The Kier molecular flexibility index (Phi) is 6.79. The average Bonchev–Trinajstić information content (AvgIpc) is 2.45. The van der Waals surface area contributed by atoms with Crippen molar-refractivity contribution in [3.63, 3.8) is 0 Å². The van der Waals surface area contributed by atoms with Crippen LogP contribution in [0.4, 0.5) is 5.69 Å². The fourth-order valence-electron chi connectivity index (χ4n) is 1.77. The molecule has 0 amide bonds. The second-order valence-electron chi connectivity index (χ2n) is 4.55. The molecule has 0 aliphatic rings. The highest BCUT2D eigenvalue weighted by Gasteiger charge is 2.09. The SMILES string of the molecule is CCNC(=NCC(C)N(C)c1ccccc1)NCC. The molecule has 1 aromatic carbocycles. The first-order chi connectivity index (χ1) is 9.19. The van der Waals surface area contributed by atoms with Crippen molar-refractivity contribution in [2.75, 3.05) is 31.6 Å². The Morgan fingerprint density at radius 1 is 1.16 bits per heavy atom. The van der Waals surface area contributed by atoms with E-state index in [0.29, 0.717) is 6.04 Å². The maximum absolute atomic E-state index is 4.60. The molecule has 0 bridgehead atoms. The second-order valence-corrected chi connectivity index (χ2v) is 4.55. The minimum absolute atomic E-state index is 0.356. The molecule has 0 heterocycles. The van der Waals surface area contributed by atoms with Gasteiger partial charge in [-0.15, -0.1) is 0 Å². The molecule has 0 saturated heterocycles. The highest BCUT2D eigenvalue weighted by Crippen LogP contribution is 2.13. The third-order valence-corrected chi connectivity index (χ3v) is 3.03. The van der Waals surface area contributed by atoms with Gasteiger partial charge in [0.15, 0.2) is 5.96 Å². The molecule has 0 saturated carbocycles. The minimum Gasteiger partial charge on any atom is -0.370 e. The first-order valence-corrected chi connectivity index (χ1v) is 6.99. The molecule has 0 spiro atoms. The van der Waals surface area contributed by atoms with E-state index < -0.39 is 0 Å². The van der Waals surface area contributed by atoms with Crippen LogP contribution in [0.25, 0.3) is 0 Å². The molecule has 4 heteroatoms. The van der Waals surface area contributed by atoms with E-state index in [1.54, 1.807) is 0 Å². The molecule has 0 aromatic heterocycles. The number of hydrogen-bond acceptors (Lipinski definition) is 2. The topological polar surface area (TPSA) is 39.7 Å². The molecular formula is C15H26N4. The molecule has 0 fully saturated rings. The zero-order chi connectivity index (χ0) is 14.1. The number of para-hydroxylation sites is 1. The lowest BCUT2D eigenvalue weighted by atomic mass is 10.2. The minimum atomic E-state index is 0.356. The van der Waals surface area contributed by atoms with Crippen LogP contribution < -0.4 is 15.5 Å². The van der Waals surface area contributed by atoms with Crippen molar-refractivity contribution >= 4 is 11.6 Å². The summed E-state index contributed by atoms with van der Waals surface area (Å²) >= 11 is 0. The van der Waals surface area contributed by atoms with Gasteiger partial charge in [-0.1, -0.05) is 18.2 Å². The van der Waals surface area contributed by atoms with Gasteiger partial charge in [-0.2, -0.15) is 0 Å². The van der Waals surface area contributed by atoms with Gasteiger partial charge in [0, 0.05) is 31.9 Å². The lowest BCUT2D eigenvalue weighted by molar-refractivity contribution is 0.688. The number of aliphatic imine (C=N–C) groups is 1. The van der Waals surface area contributed by atoms with E-state index in [2.05, 4.69) is 72.6 Å². The second kappa shape index (κ2) is 8.40. The van der Waals surface area contributed by atoms with Gasteiger partial charge >= 0.3 is 0 Å². The van der Waals surface area contributed by atoms with Gasteiger partial charge in [0.2, 0.25) is 0 Å². The standard InChI is InChI=1S/C15H26N4/c1-5-16-15(17-6-2)18-12-13(3)19(4)14-10-8-7-9-11-14/h7-11,13H,5-6,12H2,1-4H3,(H2,16,17,18). The monoisotopic (exact) mass is 262 g/mol. The first-order valence-electron chi connectivity index (χ1n) is 6.99. The highest BCUT2D eigenvalue weighted by atomic mass is 15.2. The van der Waals surface area contributed by atoms with Crippen LogP contribution in [-0.2, 0) is 0 Å². The number of rotatable bonds is 6. The Balaban J connectivity index is 2.58. The largest absolute Gasteiger partial charge is 0.370 e. The van der Waals surface area contributed by atoms with E-state index in [1.165, 1.54) is 5.69 Å². The molecule has 0 radical (unpaired) electrons. The third kappa shape index (κ3) is 5.20. The number of guanidine groups is 1. The Morgan fingerprint density at radius 2 is 1.74 bits per heavy atom. The van der Waals surface area contributed by atoms with Crippen LogP contribution in [0.2, 0.25) is 0 Å². The summed E-state index contributed by atoms with van der Waals surface area (Å²) in [5, 5.41) is 6.48. The molecule has 106 valence electrons.